The Morgan fingerprint density at radius 3 is 2.50 bits per heavy atom. The predicted molar refractivity (Wildman–Crippen MR) is 66.0 cm³/mol. The number of para-hydroxylation sites is 1. The fraction of sp³-hybridized carbons (Fsp3) is 0.0714. The molecular weight excluding hydrogens is 232 g/mol. The minimum Gasteiger partial charge on any atom is -0.504 e. The normalized spacial score (nSPS) is 9.83. The number of benzene rings is 2. The average Bonchev–Trinajstić information content (AvgIpc) is 2.41. The lowest BCUT2D eigenvalue weighted by Gasteiger charge is -2.08. The maximum absolute atomic E-state index is 11.4. The van der Waals surface area contributed by atoms with Crippen molar-refractivity contribution < 1.29 is 19.4 Å². The summed E-state index contributed by atoms with van der Waals surface area (Å²) < 4.78 is 10.1. The molecule has 0 aliphatic rings. The molecule has 0 atom stereocenters. The molecule has 0 aliphatic heterocycles. The topological polar surface area (TPSA) is 55.8 Å². The van der Waals surface area contributed by atoms with Crippen molar-refractivity contribution in [1.82, 2.24) is 0 Å². The van der Waals surface area contributed by atoms with E-state index in [1.165, 1.54) is 25.3 Å². The van der Waals surface area contributed by atoms with Crippen molar-refractivity contribution in [3.05, 3.63) is 54.1 Å². The predicted octanol–water partition coefficient (Wildman–Crippen LogP) is 2.97. The largest absolute Gasteiger partial charge is 0.504 e. The third-order valence-corrected chi connectivity index (χ3v) is 2.35. The number of rotatable bonds is 3. The van der Waals surface area contributed by atoms with Crippen LogP contribution >= 0.6 is 0 Å². The number of hydrogen-bond acceptors (Lipinski definition) is 4. The highest BCUT2D eigenvalue weighted by Crippen LogP contribution is 2.31. The second-order valence-corrected chi connectivity index (χ2v) is 3.59. The van der Waals surface area contributed by atoms with Gasteiger partial charge in [-0.2, -0.15) is 0 Å². The van der Waals surface area contributed by atoms with E-state index in [2.05, 4.69) is 4.74 Å². The van der Waals surface area contributed by atoms with Crippen molar-refractivity contribution in [2.45, 2.75) is 0 Å². The minimum atomic E-state index is -0.479. The summed E-state index contributed by atoms with van der Waals surface area (Å²) in [5.74, 6) is 0.276. The zero-order valence-corrected chi connectivity index (χ0v) is 9.79. The van der Waals surface area contributed by atoms with Crippen molar-refractivity contribution in [1.29, 1.82) is 0 Å². The van der Waals surface area contributed by atoms with Crippen molar-refractivity contribution in [3.8, 4) is 17.2 Å². The lowest BCUT2D eigenvalue weighted by atomic mass is 10.2. The third-order valence-electron chi connectivity index (χ3n) is 2.35. The van der Waals surface area contributed by atoms with Crippen molar-refractivity contribution in [3.63, 3.8) is 0 Å². The first-order valence-corrected chi connectivity index (χ1v) is 5.35. The van der Waals surface area contributed by atoms with Gasteiger partial charge in [-0.1, -0.05) is 18.2 Å². The van der Waals surface area contributed by atoms with E-state index in [4.69, 9.17) is 4.74 Å². The number of methoxy groups -OCH3 is 1. The molecule has 0 unspecified atom stereocenters. The Morgan fingerprint density at radius 2 is 1.83 bits per heavy atom. The molecule has 0 spiro atoms. The van der Waals surface area contributed by atoms with Gasteiger partial charge in [-0.25, -0.2) is 4.79 Å². The quantitative estimate of drug-likeness (QED) is 0.843. The van der Waals surface area contributed by atoms with Gasteiger partial charge >= 0.3 is 5.97 Å². The first-order valence-electron chi connectivity index (χ1n) is 5.35. The summed E-state index contributed by atoms with van der Waals surface area (Å²) >= 11 is 0. The highest BCUT2D eigenvalue weighted by atomic mass is 16.5. The van der Waals surface area contributed by atoms with Crippen LogP contribution in [0.25, 0.3) is 0 Å². The van der Waals surface area contributed by atoms with Gasteiger partial charge in [0, 0.05) is 0 Å². The number of aromatic hydroxyl groups is 1. The van der Waals surface area contributed by atoms with Crippen molar-refractivity contribution >= 4 is 5.97 Å². The molecule has 2 aromatic rings. The summed E-state index contributed by atoms with van der Waals surface area (Å²) in [4.78, 5) is 11.4. The number of phenols is 1. The second-order valence-electron chi connectivity index (χ2n) is 3.59. The van der Waals surface area contributed by atoms with Crippen LogP contribution in [0.3, 0.4) is 0 Å². The van der Waals surface area contributed by atoms with Gasteiger partial charge in [0.15, 0.2) is 11.5 Å². The number of ether oxygens (including phenoxy) is 2. The summed E-state index contributed by atoms with van der Waals surface area (Å²) in [6, 6.07) is 13.3. The van der Waals surface area contributed by atoms with Crippen LogP contribution in [0.2, 0.25) is 0 Å². The van der Waals surface area contributed by atoms with Crippen molar-refractivity contribution in [2.24, 2.45) is 0 Å². The van der Waals surface area contributed by atoms with Crippen LogP contribution in [-0.4, -0.2) is 18.2 Å². The standard InChI is InChI=1S/C14H12O4/c1-17-14(16)10-7-8-12(15)13(9-10)18-11-5-3-2-4-6-11/h2-9,15H,1H3. The SMILES string of the molecule is COC(=O)c1ccc(O)c(Oc2ccccc2)c1. The lowest BCUT2D eigenvalue weighted by Crippen LogP contribution is -2.01. The van der Waals surface area contributed by atoms with Gasteiger partial charge in [-0.05, 0) is 30.3 Å². The van der Waals surface area contributed by atoms with Gasteiger partial charge in [0.25, 0.3) is 0 Å². The number of carbonyl (C=O) groups excluding carboxylic acids is 1. The Balaban J connectivity index is 2.30. The second kappa shape index (κ2) is 5.23. The maximum Gasteiger partial charge on any atom is 0.337 e. The Kier molecular flexibility index (Phi) is 3.48. The summed E-state index contributed by atoms with van der Waals surface area (Å²) in [5, 5.41) is 9.67. The van der Waals surface area contributed by atoms with E-state index in [-0.39, 0.29) is 11.5 Å². The highest BCUT2D eigenvalue weighted by Gasteiger charge is 2.10. The summed E-state index contributed by atoms with van der Waals surface area (Å²) in [7, 11) is 1.30. The van der Waals surface area contributed by atoms with E-state index in [1.54, 1.807) is 12.1 Å². The summed E-state index contributed by atoms with van der Waals surface area (Å²) in [6.07, 6.45) is 0. The molecule has 18 heavy (non-hydrogen) atoms. The Bertz CT molecular complexity index is 549. The molecule has 0 aromatic heterocycles. The average molecular weight is 244 g/mol. The van der Waals surface area contributed by atoms with Gasteiger partial charge in [0.1, 0.15) is 5.75 Å². The van der Waals surface area contributed by atoms with E-state index in [0.717, 1.165) is 0 Å². The molecule has 2 aromatic carbocycles. The monoisotopic (exact) mass is 244 g/mol. The molecule has 0 heterocycles. The van der Waals surface area contributed by atoms with Crippen molar-refractivity contribution in [2.75, 3.05) is 7.11 Å². The molecule has 2 rings (SSSR count). The fourth-order valence-corrected chi connectivity index (χ4v) is 1.46. The lowest BCUT2D eigenvalue weighted by molar-refractivity contribution is 0.0600. The molecule has 0 saturated carbocycles. The molecule has 0 fully saturated rings. The van der Waals surface area contributed by atoms with Gasteiger partial charge in [-0.3, -0.25) is 0 Å². The molecule has 0 bridgehead atoms. The van der Waals surface area contributed by atoms with E-state index >= 15 is 0 Å². The first kappa shape index (κ1) is 12.0. The number of hydrogen-bond donors (Lipinski definition) is 1. The highest BCUT2D eigenvalue weighted by molar-refractivity contribution is 5.90. The molecule has 0 aliphatic carbocycles. The van der Waals surface area contributed by atoms with Gasteiger partial charge < -0.3 is 14.6 Å². The van der Waals surface area contributed by atoms with E-state index in [0.29, 0.717) is 11.3 Å². The van der Waals surface area contributed by atoms with E-state index in [1.807, 2.05) is 18.2 Å². The van der Waals surface area contributed by atoms with Crippen LogP contribution in [0.5, 0.6) is 17.2 Å². The number of phenolic OH excluding ortho intramolecular Hbond substituents is 1. The van der Waals surface area contributed by atoms with Crippen LogP contribution in [0.1, 0.15) is 10.4 Å². The number of esters is 1. The summed E-state index contributed by atoms with van der Waals surface area (Å²) in [6.45, 7) is 0. The van der Waals surface area contributed by atoms with E-state index < -0.39 is 5.97 Å². The molecule has 0 saturated heterocycles. The molecule has 1 N–H and O–H groups in total. The molecule has 0 amide bonds. The molecular formula is C14H12O4. The third kappa shape index (κ3) is 2.60. The van der Waals surface area contributed by atoms with Gasteiger partial charge in [0.05, 0.1) is 12.7 Å². The smallest absolute Gasteiger partial charge is 0.337 e. The van der Waals surface area contributed by atoms with E-state index in [9.17, 15) is 9.90 Å². The van der Waals surface area contributed by atoms with Crippen LogP contribution in [0, 0.1) is 0 Å². The molecule has 4 heteroatoms. The number of carbonyl (C=O) groups is 1. The molecule has 92 valence electrons. The Morgan fingerprint density at radius 1 is 1.11 bits per heavy atom. The minimum absolute atomic E-state index is 0.0356. The van der Waals surface area contributed by atoms with Crippen LogP contribution in [0.15, 0.2) is 48.5 Å². The Hall–Kier alpha value is -2.49. The zero-order chi connectivity index (χ0) is 13.0. The zero-order valence-electron chi connectivity index (χ0n) is 9.79. The van der Waals surface area contributed by atoms with Gasteiger partial charge in [-0.15, -0.1) is 0 Å². The molecule has 0 radical (unpaired) electrons. The van der Waals surface area contributed by atoms with Crippen LogP contribution in [-0.2, 0) is 4.74 Å². The Labute approximate surface area is 104 Å². The molecule has 4 nitrogen and oxygen atoms in total. The van der Waals surface area contributed by atoms with Crippen LogP contribution < -0.4 is 4.74 Å². The fourth-order valence-electron chi connectivity index (χ4n) is 1.46. The van der Waals surface area contributed by atoms with Crippen LogP contribution in [0.4, 0.5) is 0 Å². The summed E-state index contributed by atoms with van der Waals surface area (Å²) in [5.41, 5.74) is 0.321. The van der Waals surface area contributed by atoms with Gasteiger partial charge in [0.2, 0.25) is 0 Å². The first-order chi connectivity index (χ1) is 8.70. The maximum atomic E-state index is 11.4.